The Labute approximate surface area is 274 Å². The monoisotopic (exact) mass is 689 g/mol. The summed E-state index contributed by atoms with van der Waals surface area (Å²) >= 11 is 0.636. The number of methoxy groups -OCH3 is 2. The van der Waals surface area contributed by atoms with Crippen molar-refractivity contribution in [3.63, 3.8) is 0 Å². The standard InChI is InChI=1S/C29H30F3N9O6S/c1-39-14-22(27(43)40(2)28(39)44)48-38-25(42)20-7-15(13-36-26(20)46-4)21(12-33)24(35)41-17(10-23(37-41)29(30,31)32)5-6-47-19-9-16(34)8-18(11-19)45-3/h7-14,21,33,35H,5-6,34H2,1-4H3,(H,38,42). The topological polar surface area (TPSA) is 205 Å². The number of ether oxygens (including phenoxy) is 3. The van der Waals surface area contributed by atoms with E-state index < -0.39 is 40.8 Å². The summed E-state index contributed by atoms with van der Waals surface area (Å²) in [5.74, 6) is -2.05. The number of aryl methyl sites for hydroxylation is 1. The van der Waals surface area contributed by atoms with Crippen LogP contribution in [-0.4, -0.2) is 62.7 Å². The van der Waals surface area contributed by atoms with E-state index in [1.807, 2.05) is 0 Å². The van der Waals surface area contributed by atoms with Gasteiger partial charge in [-0.05, 0) is 29.6 Å². The number of nitrogens with two attached hydrogens (primary N) is 1. The van der Waals surface area contributed by atoms with Crippen LogP contribution in [0.15, 0.2) is 57.2 Å². The fourth-order valence-electron chi connectivity index (χ4n) is 4.44. The van der Waals surface area contributed by atoms with Crippen molar-refractivity contribution in [2.75, 3.05) is 26.6 Å². The summed E-state index contributed by atoms with van der Waals surface area (Å²) in [6.07, 6.45) is -1.70. The molecule has 0 bridgehead atoms. The molecule has 1 atom stereocenters. The first-order valence-corrected chi connectivity index (χ1v) is 14.6. The number of alkyl halides is 3. The van der Waals surface area contributed by atoms with Crippen LogP contribution in [0.5, 0.6) is 17.4 Å². The summed E-state index contributed by atoms with van der Waals surface area (Å²) in [5.41, 5.74) is 3.60. The summed E-state index contributed by atoms with van der Waals surface area (Å²) in [7, 11) is 5.41. The second-order valence-corrected chi connectivity index (χ2v) is 11.0. The number of hydrogen-bond acceptors (Lipinski definition) is 12. The molecule has 1 unspecified atom stereocenters. The number of amides is 1. The highest BCUT2D eigenvalue weighted by molar-refractivity contribution is 7.98. The Hall–Kier alpha value is -5.59. The molecule has 1 aromatic carbocycles. The van der Waals surface area contributed by atoms with Crippen molar-refractivity contribution in [1.29, 1.82) is 10.8 Å². The molecule has 4 rings (SSSR count). The number of halogens is 3. The van der Waals surface area contributed by atoms with E-state index in [4.69, 9.17) is 30.8 Å². The van der Waals surface area contributed by atoms with E-state index in [0.717, 1.165) is 26.1 Å². The Kier molecular flexibility index (Phi) is 10.6. The van der Waals surface area contributed by atoms with Crippen LogP contribution in [0.1, 0.15) is 33.2 Å². The second-order valence-electron chi connectivity index (χ2n) is 10.1. The van der Waals surface area contributed by atoms with Gasteiger partial charge in [0, 0.05) is 68.7 Å². The van der Waals surface area contributed by atoms with Gasteiger partial charge in [0.15, 0.2) is 5.69 Å². The molecule has 15 nitrogen and oxygen atoms in total. The first-order chi connectivity index (χ1) is 22.7. The molecule has 0 saturated carbocycles. The first-order valence-electron chi connectivity index (χ1n) is 13.8. The Morgan fingerprint density at radius 3 is 2.48 bits per heavy atom. The van der Waals surface area contributed by atoms with Gasteiger partial charge in [0.2, 0.25) is 5.88 Å². The van der Waals surface area contributed by atoms with Gasteiger partial charge >= 0.3 is 11.9 Å². The molecule has 0 fully saturated rings. The van der Waals surface area contributed by atoms with Gasteiger partial charge in [0.1, 0.15) is 27.8 Å². The molecule has 0 spiro atoms. The molecule has 0 saturated heterocycles. The molecule has 48 heavy (non-hydrogen) atoms. The number of nitrogens with zero attached hydrogens (tertiary/aromatic N) is 5. The average Bonchev–Trinajstić information content (AvgIpc) is 3.49. The molecule has 3 heterocycles. The molecule has 4 aromatic rings. The second kappa shape index (κ2) is 14.4. The fraction of sp³-hybridized carbons (Fsp3) is 0.276. The lowest BCUT2D eigenvalue weighted by molar-refractivity contribution is -0.141. The highest BCUT2D eigenvalue weighted by Gasteiger charge is 2.36. The fourth-order valence-corrected chi connectivity index (χ4v) is 5.19. The summed E-state index contributed by atoms with van der Waals surface area (Å²) in [4.78, 5) is 41.8. The number of hydrogen-bond donors (Lipinski definition) is 4. The van der Waals surface area contributed by atoms with E-state index in [-0.39, 0.29) is 40.6 Å². The third kappa shape index (κ3) is 7.68. The maximum atomic E-state index is 13.7. The van der Waals surface area contributed by atoms with E-state index in [0.29, 0.717) is 29.1 Å². The van der Waals surface area contributed by atoms with Crippen LogP contribution in [0.2, 0.25) is 0 Å². The van der Waals surface area contributed by atoms with Gasteiger partial charge in [0.25, 0.3) is 11.5 Å². The van der Waals surface area contributed by atoms with E-state index >= 15 is 0 Å². The van der Waals surface area contributed by atoms with Crippen LogP contribution >= 0.6 is 11.9 Å². The number of aromatic nitrogens is 5. The number of carbonyl (C=O) groups excluding carboxylic acids is 1. The highest BCUT2D eigenvalue weighted by atomic mass is 32.2. The van der Waals surface area contributed by atoms with E-state index in [2.05, 4.69) is 14.8 Å². The van der Waals surface area contributed by atoms with Gasteiger partial charge in [-0.15, -0.1) is 0 Å². The third-order valence-corrected chi connectivity index (χ3v) is 7.65. The predicted octanol–water partition coefficient (Wildman–Crippen LogP) is 2.61. The minimum Gasteiger partial charge on any atom is -0.497 e. The van der Waals surface area contributed by atoms with Crippen LogP contribution in [0.4, 0.5) is 18.9 Å². The number of nitrogens with one attached hydrogen (secondary N) is 3. The van der Waals surface area contributed by atoms with Crippen molar-refractivity contribution in [3.05, 3.63) is 86.1 Å². The zero-order valence-electron chi connectivity index (χ0n) is 25.9. The van der Waals surface area contributed by atoms with Gasteiger partial charge in [-0.25, -0.2) is 14.5 Å². The molecule has 3 aromatic heterocycles. The van der Waals surface area contributed by atoms with E-state index in [1.165, 1.54) is 52.8 Å². The van der Waals surface area contributed by atoms with Gasteiger partial charge in [0.05, 0.1) is 26.7 Å². The molecule has 5 N–H and O–H groups in total. The highest BCUT2D eigenvalue weighted by Crippen LogP contribution is 2.31. The lowest BCUT2D eigenvalue weighted by atomic mass is 9.99. The summed E-state index contributed by atoms with van der Waals surface area (Å²) in [5, 5.41) is 20.4. The van der Waals surface area contributed by atoms with Gasteiger partial charge in [-0.1, -0.05) is 0 Å². The molecular formula is C29H30F3N9O6S. The predicted molar refractivity (Wildman–Crippen MR) is 170 cm³/mol. The number of benzene rings is 1. The minimum absolute atomic E-state index is 0.0284. The zero-order valence-corrected chi connectivity index (χ0v) is 26.7. The molecule has 0 aliphatic heterocycles. The van der Waals surface area contributed by atoms with Crippen LogP contribution in [-0.2, 0) is 26.7 Å². The van der Waals surface area contributed by atoms with Gasteiger partial charge < -0.3 is 29.9 Å². The van der Waals surface area contributed by atoms with Gasteiger partial charge in [-0.2, -0.15) is 18.3 Å². The molecular weight excluding hydrogens is 659 g/mol. The molecule has 1 amide bonds. The largest absolute Gasteiger partial charge is 0.497 e. The molecule has 0 aliphatic rings. The minimum atomic E-state index is -4.83. The van der Waals surface area contributed by atoms with Crippen LogP contribution < -0.4 is 35.9 Å². The number of nitrogen functional groups attached to an aromatic ring is 1. The lowest BCUT2D eigenvalue weighted by Gasteiger charge is -2.18. The summed E-state index contributed by atoms with van der Waals surface area (Å²) < 4.78 is 62.4. The number of carbonyl (C=O) groups is 1. The maximum absolute atomic E-state index is 13.7. The molecule has 19 heteroatoms. The van der Waals surface area contributed by atoms with E-state index in [9.17, 15) is 27.6 Å². The summed E-state index contributed by atoms with van der Waals surface area (Å²) in [6.45, 7) is -0.122. The normalized spacial score (nSPS) is 11.9. The Bertz CT molecular complexity index is 1990. The van der Waals surface area contributed by atoms with E-state index in [1.54, 1.807) is 12.1 Å². The van der Waals surface area contributed by atoms with Crippen molar-refractivity contribution in [1.82, 2.24) is 28.6 Å². The number of anilines is 1. The zero-order chi connectivity index (χ0) is 35.3. The van der Waals surface area contributed by atoms with Crippen LogP contribution in [0, 0.1) is 10.8 Å². The smallest absolute Gasteiger partial charge is 0.435 e. The SMILES string of the molecule is COc1cc(N)cc(OCCc2cc(C(F)(F)F)nn2C(=N)C(C=N)c2cnc(OC)c(C(=O)NSc3cn(C)c(=O)n(C)c3=O)c2)c1. The van der Waals surface area contributed by atoms with Gasteiger partial charge in [-0.3, -0.25) is 24.3 Å². The molecule has 254 valence electrons. The molecule has 0 aliphatic carbocycles. The quantitative estimate of drug-likeness (QED) is 0.0741. The third-order valence-electron chi connectivity index (χ3n) is 6.87. The lowest BCUT2D eigenvalue weighted by Crippen LogP contribution is -2.37. The summed E-state index contributed by atoms with van der Waals surface area (Å²) in [6, 6.07) is 6.67. The average molecular weight is 690 g/mol. The maximum Gasteiger partial charge on any atom is 0.435 e. The van der Waals surface area contributed by atoms with Crippen molar-refractivity contribution in [2.24, 2.45) is 14.1 Å². The van der Waals surface area contributed by atoms with Crippen LogP contribution in [0.3, 0.4) is 0 Å². The number of rotatable bonds is 12. The van der Waals surface area contributed by atoms with Crippen molar-refractivity contribution < 1.29 is 32.2 Å². The Morgan fingerprint density at radius 1 is 1.12 bits per heavy atom. The van der Waals surface area contributed by atoms with Crippen molar-refractivity contribution >= 4 is 35.6 Å². The molecule has 0 radical (unpaired) electrons. The Balaban J connectivity index is 1.61. The van der Waals surface area contributed by atoms with Crippen molar-refractivity contribution in [2.45, 2.75) is 23.4 Å². The Morgan fingerprint density at radius 2 is 1.83 bits per heavy atom. The first kappa shape index (κ1) is 35.3. The number of pyridine rings is 1. The van der Waals surface area contributed by atoms with Crippen molar-refractivity contribution in [3.8, 4) is 17.4 Å². The van der Waals surface area contributed by atoms with Crippen LogP contribution in [0.25, 0.3) is 0 Å².